The highest BCUT2D eigenvalue weighted by molar-refractivity contribution is 6.17. The second kappa shape index (κ2) is 6.59. The summed E-state index contributed by atoms with van der Waals surface area (Å²) in [4.78, 5) is 10.8. The number of anilines is 1. The van der Waals surface area contributed by atoms with E-state index in [0.29, 0.717) is 23.6 Å². The van der Waals surface area contributed by atoms with Crippen LogP contribution in [0.3, 0.4) is 0 Å². The molecule has 1 rings (SSSR count). The molecule has 0 aliphatic rings. The first-order valence-electron chi connectivity index (χ1n) is 5.34. The Morgan fingerprint density at radius 3 is 2.41 bits per heavy atom. The molecule has 0 heterocycles. The average molecular weight is 258 g/mol. The lowest BCUT2D eigenvalue weighted by molar-refractivity contribution is -0.114. The Hall–Kier alpha value is -1.10. The first-order chi connectivity index (χ1) is 8.04. The number of nitrogens with one attached hydrogen (secondary N) is 1. The molecule has 2 atom stereocenters. The minimum atomic E-state index is -0.958. The molecule has 4 nitrogen and oxygen atoms in total. The summed E-state index contributed by atoms with van der Waals surface area (Å²) in [5.74, 6) is 0.142. The van der Waals surface area contributed by atoms with Crippen LogP contribution in [0.4, 0.5) is 5.69 Å². The molecular weight excluding hydrogens is 242 g/mol. The van der Waals surface area contributed by atoms with Gasteiger partial charge in [-0.15, -0.1) is 11.6 Å². The topological polar surface area (TPSA) is 69.6 Å². The number of alkyl halides is 1. The molecule has 0 aliphatic heterocycles. The normalized spacial score (nSPS) is 14.1. The molecule has 0 bridgehead atoms. The zero-order chi connectivity index (χ0) is 12.8. The summed E-state index contributed by atoms with van der Waals surface area (Å²) in [6.07, 6.45) is -1.50. The van der Waals surface area contributed by atoms with E-state index in [2.05, 4.69) is 5.32 Å². The Morgan fingerprint density at radius 1 is 1.35 bits per heavy atom. The zero-order valence-electron chi connectivity index (χ0n) is 9.56. The molecule has 5 heteroatoms. The van der Waals surface area contributed by atoms with Crippen molar-refractivity contribution in [3.05, 3.63) is 29.8 Å². The Kier molecular flexibility index (Phi) is 5.41. The van der Waals surface area contributed by atoms with Crippen LogP contribution < -0.4 is 5.32 Å². The number of aliphatic hydroxyl groups excluding tert-OH is 2. The zero-order valence-corrected chi connectivity index (χ0v) is 10.3. The van der Waals surface area contributed by atoms with Gasteiger partial charge in [0.1, 0.15) is 6.10 Å². The fourth-order valence-electron chi connectivity index (χ4n) is 1.46. The van der Waals surface area contributed by atoms with Gasteiger partial charge in [0.2, 0.25) is 5.91 Å². The monoisotopic (exact) mass is 257 g/mol. The molecule has 0 aliphatic carbocycles. The third-order valence-electron chi connectivity index (χ3n) is 2.34. The van der Waals surface area contributed by atoms with Gasteiger partial charge in [0.15, 0.2) is 0 Å². The van der Waals surface area contributed by atoms with Crippen LogP contribution in [0.15, 0.2) is 24.3 Å². The van der Waals surface area contributed by atoms with Gasteiger partial charge in [-0.05, 0) is 24.1 Å². The highest BCUT2D eigenvalue weighted by atomic mass is 35.5. The number of benzene rings is 1. The maximum absolute atomic E-state index is 10.8. The largest absolute Gasteiger partial charge is 0.390 e. The molecule has 94 valence electrons. The second-order valence-corrected chi connectivity index (χ2v) is 4.17. The van der Waals surface area contributed by atoms with Crippen LogP contribution >= 0.6 is 11.6 Å². The van der Waals surface area contributed by atoms with Gasteiger partial charge in [-0.3, -0.25) is 4.79 Å². The fraction of sp³-hybridized carbons (Fsp3) is 0.417. The van der Waals surface area contributed by atoms with Crippen LogP contribution in [0, 0.1) is 0 Å². The molecule has 17 heavy (non-hydrogen) atoms. The molecule has 0 saturated carbocycles. The average Bonchev–Trinajstić information content (AvgIpc) is 2.28. The van der Waals surface area contributed by atoms with Crippen LogP contribution in [0.25, 0.3) is 0 Å². The molecule has 1 aromatic rings. The molecule has 1 amide bonds. The van der Waals surface area contributed by atoms with Gasteiger partial charge in [-0.2, -0.15) is 0 Å². The smallest absolute Gasteiger partial charge is 0.221 e. The van der Waals surface area contributed by atoms with Crippen LogP contribution in [0.5, 0.6) is 0 Å². The molecule has 0 aromatic heterocycles. The number of hydrogen-bond acceptors (Lipinski definition) is 3. The Bertz CT molecular complexity index is 367. The molecule has 0 fully saturated rings. The van der Waals surface area contributed by atoms with E-state index in [0.717, 1.165) is 0 Å². The first-order valence-corrected chi connectivity index (χ1v) is 5.87. The molecule has 0 radical (unpaired) electrons. The maximum atomic E-state index is 10.8. The lowest BCUT2D eigenvalue weighted by Gasteiger charge is -2.17. The van der Waals surface area contributed by atoms with Crippen molar-refractivity contribution in [3.8, 4) is 0 Å². The van der Waals surface area contributed by atoms with Crippen molar-refractivity contribution in [2.75, 3.05) is 11.2 Å². The second-order valence-electron chi connectivity index (χ2n) is 3.79. The lowest BCUT2D eigenvalue weighted by atomic mass is 10.0. The van der Waals surface area contributed by atoms with E-state index >= 15 is 0 Å². The number of hydrogen-bond donors (Lipinski definition) is 3. The number of halogens is 1. The highest BCUT2D eigenvalue weighted by Gasteiger charge is 2.17. The van der Waals surface area contributed by atoms with Crippen molar-refractivity contribution < 1.29 is 15.0 Å². The summed E-state index contributed by atoms with van der Waals surface area (Å²) in [6.45, 7) is 1.42. The van der Waals surface area contributed by atoms with Crippen molar-refractivity contribution in [1.29, 1.82) is 0 Å². The van der Waals surface area contributed by atoms with E-state index in [-0.39, 0.29) is 5.91 Å². The molecular formula is C12H16ClNO3. The molecule has 0 saturated heterocycles. The summed E-state index contributed by atoms with van der Waals surface area (Å²) >= 11 is 5.49. The Morgan fingerprint density at radius 2 is 1.94 bits per heavy atom. The summed E-state index contributed by atoms with van der Waals surface area (Å²) in [5.41, 5.74) is 1.25. The van der Waals surface area contributed by atoms with Crippen LogP contribution in [0.2, 0.25) is 0 Å². The standard InChI is InChI=1S/C12H16ClNO3/c1-8(15)14-10-4-2-9(3-5-10)12(17)11(16)6-7-13/h2-5,11-12,16-17H,6-7H2,1H3,(H,14,15). The summed E-state index contributed by atoms with van der Waals surface area (Å²) < 4.78 is 0. The predicted molar refractivity (Wildman–Crippen MR) is 67.0 cm³/mol. The first kappa shape index (κ1) is 14.0. The highest BCUT2D eigenvalue weighted by Crippen LogP contribution is 2.21. The van der Waals surface area contributed by atoms with Gasteiger partial charge < -0.3 is 15.5 Å². The maximum Gasteiger partial charge on any atom is 0.221 e. The lowest BCUT2D eigenvalue weighted by Crippen LogP contribution is -2.18. The third-order valence-corrected chi connectivity index (χ3v) is 2.56. The van der Waals surface area contributed by atoms with E-state index in [1.165, 1.54) is 6.92 Å². The third kappa shape index (κ3) is 4.34. The minimum Gasteiger partial charge on any atom is -0.390 e. The Labute approximate surface area is 105 Å². The fourth-order valence-corrected chi connectivity index (χ4v) is 1.68. The van der Waals surface area contributed by atoms with Crippen molar-refractivity contribution in [2.45, 2.75) is 25.6 Å². The summed E-state index contributed by atoms with van der Waals surface area (Å²) in [7, 11) is 0. The predicted octanol–water partition coefficient (Wildman–Crippen LogP) is 1.67. The minimum absolute atomic E-state index is 0.152. The van der Waals surface area contributed by atoms with Gasteiger partial charge in [-0.25, -0.2) is 0 Å². The van der Waals surface area contributed by atoms with Gasteiger partial charge in [0.05, 0.1) is 6.10 Å². The SMILES string of the molecule is CC(=O)Nc1ccc(C(O)C(O)CCCl)cc1. The van der Waals surface area contributed by atoms with Crippen LogP contribution in [-0.4, -0.2) is 28.1 Å². The van der Waals surface area contributed by atoms with E-state index in [4.69, 9.17) is 11.6 Å². The van der Waals surface area contributed by atoms with Crippen molar-refractivity contribution in [2.24, 2.45) is 0 Å². The van der Waals surface area contributed by atoms with Gasteiger partial charge in [-0.1, -0.05) is 12.1 Å². The molecule has 0 spiro atoms. The number of amides is 1. The molecule has 2 unspecified atom stereocenters. The van der Waals surface area contributed by atoms with Crippen molar-refractivity contribution >= 4 is 23.2 Å². The van der Waals surface area contributed by atoms with Gasteiger partial charge in [0, 0.05) is 18.5 Å². The van der Waals surface area contributed by atoms with Crippen molar-refractivity contribution in [1.82, 2.24) is 0 Å². The van der Waals surface area contributed by atoms with Crippen molar-refractivity contribution in [3.63, 3.8) is 0 Å². The van der Waals surface area contributed by atoms with Gasteiger partial charge in [0.25, 0.3) is 0 Å². The number of carbonyl (C=O) groups is 1. The number of rotatable bonds is 5. The molecule has 1 aromatic carbocycles. The number of aliphatic hydroxyl groups is 2. The van der Waals surface area contributed by atoms with Gasteiger partial charge >= 0.3 is 0 Å². The van der Waals surface area contributed by atoms with E-state index < -0.39 is 12.2 Å². The molecule has 3 N–H and O–H groups in total. The quantitative estimate of drug-likeness (QED) is 0.703. The van der Waals surface area contributed by atoms with Crippen LogP contribution in [-0.2, 0) is 4.79 Å². The Balaban J connectivity index is 2.69. The number of carbonyl (C=O) groups excluding carboxylic acids is 1. The van der Waals surface area contributed by atoms with E-state index in [1.54, 1.807) is 24.3 Å². The van der Waals surface area contributed by atoms with Crippen LogP contribution in [0.1, 0.15) is 25.0 Å². The summed E-state index contributed by atoms with van der Waals surface area (Å²) in [5, 5.41) is 22.0. The van der Waals surface area contributed by atoms with E-state index in [9.17, 15) is 15.0 Å². The summed E-state index contributed by atoms with van der Waals surface area (Å²) in [6, 6.07) is 6.67. The van der Waals surface area contributed by atoms with E-state index in [1.807, 2.05) is 0 Å².